The number of amides is 1. The second-order valence-corrected chi connectivity index (χ2v) is 3.70. The van der Waals surface area contributed by atoms with Gasteiger partial charge < -0.3 is 5.32 Å². The van der Waals surface area contributed by atoms with Crippen molar-refractivity contribution in [2.45, 2.75) is 6.54 Å². The van der Waals surface area contributed by atoms with Gasteiger partial charge >= 0.3 is 0 Å². The summed E-state index contributed by atoms with van der Waals surface area (Å²) in [7, 11) is 0. The van der Waals surface area contributed by atoms with E-state index in [0.29, 0.717) is 16.9 Å². The number of benzene rings is 1. The highest BCUT2D eigenvalue weighted by molar-refractivity contribution is 6.03. The van der Waals surface area contributed by atoms with Crippen molar-refractivity contribution in [1.29, 1.82) is 10.5 Å². The predicted octanol–water partition coefficient (Wildman–Crippen LogP) is 1.53. The van der Waals surface area contributed by atoms with Crippen LogP contribution in [0.4, 0.5) is 5.82 Å². The van der Waals surface area contributed by atoms with Crippen LogP contribution in [-0.2, 0) is 6.54 Å². The monoisotopic (exact) mass is 251 g/mol. The van der Waals surface area contributed by atoms with E-state index in [4.69, 9.17) is 10.5 Å². The summed E-state index contributed by atoms with van der Waals surface area (Å²) in [5, 5.41) is 23.9. The second kappa shape index (κ2) is 5.48. The fourth-order valence-corrected chi connectivity index (χ4v) is 1.51. The number of nitrogens with one attached hydrogen (secondary N) is 1. The average molecular weight is 251 g/mol. The highest BCUT2D eigenvalue weighted by Gasteiger charge is 2.08. The maximum absolute atomic E-state index is 11.9. The first-order chi connectivity index (χ1) is 9.22. The number of nitriles is 2. The van der Waals surface area contributed by atoms with E-state index in [-0.39, 0.29) is 12.5 Å². The standard InChI is InChI=1S/C13H9N5O/c14-5-7-18-6-4-12(17-18)16-13(19)11-3-1-2-10(8-11)9-15/h1-4,6,8H,7H2,(H,16,17,19). The van der Waals surface area contributed by atoms with Crippen molar-refractivity contribution in [2.75, 3.05) is 5.32 Å². The summed E-state index contributed by atoms with van der Waals surface area (Å²) in [6.07, 6.45) is 1.60. The number of rotatable bonds is 3. The quantitative estimate of drug-likeness (QED) is 0.894. The van der Waals surface area contributed by atoms with Gasteiger partial charge in [0, 0.05) is 17.8 Å². The van der Waals surface area contributed by atoms with Gasteiger partial charge in [-0.05, 0) is 18.2 Å². The van der Waals surface area contributed by atoms with Gasteiger partial charge in [0.25, 0.3) is 5.91 Å². The van der Waals surface area contributed by atoms with Gasteiger partial charge in [0.15, 0.2) is 5.82 Å². The van der Waals surface area contributed by atoms with E-state index in [1.807, 2.05) is 12.1 Å². The van der Waals surface area contributed by atoms with Crippen molar-refractivity contribution in [1.82, 2.24) is 9.78 Å². The zero-order chi connectivity index (χ0) is 13.7. The Labute approximate surface area is 109 Å². The molecule has 0 aliphatic carbocycles. The van der Waals surface area contributed by atoms with Gasteiger partial charge in [-0.15, -0.1) is 0 Å². The first kappa shape index (κ1) is 12.3. The molecule has 19 heavy (non-hydrogen) atoms. The molecule has 1 heterocycles. The summed E-state index contributed by atoms with van der Waals surface area (Å²) in [4.78, 5) is 11.9. The molecule has 0 radical (unpaired) electrons. The summed E-state index contributed by atoms with van der Waals surface area (Å²) < 4.78 is 1.42. The Morgan fingerprint density at radius 1 is 1.37 bits per heavy atom. The number of hydrogen-bond acceptors (Lipinski definition) is 4. The molecule has 0 saturated carbocycles. The summed E-state index contributed by atoms with van der Waals surface area (Å²) in [5.74, 6) is 0.0157. The second-order valence-electron chi connectivity index (χ2n) is 3.70. The average Bonchev–Trinajstić information content (AvgIpc) is 2.86. The van der Waals surface area contributed by atoms with Gasteiger partial charge in [-0.2, -0.15) is 15.6 Å². The van der Waals surface area contributed by atoms with Gasteiger partial charge in [-0.1, -0.05) is 6.07 Å². The molecule has 0 bridgehead atoms. The van der Waals surface area contributed by atoms with Crippen LogP contribution in [0.2, 0.25) is 0 Å². The minimum Gasteiger partial charge on any atom is -0.305 e. The van der Waals surface area contributed by atoms with E-state index in [1.54, 1.807) is 30.5 Å². The molecule has 0 fully saturated rings. The van der Waals surface area contributed by atoms with Crippen molar-refractivity contribution >= 4 is 11.7 Å². The minimum absolute atomic E-state index is 0.125. The number of nitrogens with zero attached hydrogens (tertiary/aromatic N) is 4. The molecule has 1 N–H and O–H groups in total. The van der Waals surface area contributed by atoms with Crippen LogP contribution in [0.15, 0.2) is 36.5 Å². The van der Waals surface area contributed by atoms with Crippen LogP contribution in [0.25, 0.3) is 0 Å². The fraction of sp³-hybridized carbons (Fsp3) is 0.0769. The maximum Gasteiger partial charge on any atom is 0.256 e. The van der Waals surface area contributed by atoms with E-state index in [2.05, 4.69) is 10.4 Å². The van der Waals surface area contributed by atoms with Crippen molar-refractivity contribution < 1.29 is 4.79 Å². The van der Waals surface area contributed by atoms with Crippen LogP contribution in [0.1, 0.15) is 15.9 Å². The zero-order valence-corrected chi connectivity index (χ0v) is 9.87. The van der Waals surface area contributed by atoms with E-state index in [9.17, 15) is 4.79 Å². The van der Waals surface area contributed by atoms with Crippen LogP contribution in [0, 0.1) is 22.7 Å². The fourth-order valence-electron chi connectivity index (χ4n) is 1.51. The van der Waals surface area contributed by atoms with E-state index >= 15 is 0 Å². The molecule has 6 nitrogen and oxygen atoms in total. The van der Waals surface area contributed by atoms with Gasteiger partial charge in [-0.25, -0.2) is 0 Å². The molecule has 1 aromatic heterocycles. The third kappa shape index (κ3) is 2.96. The number of aromatic nitrogens is 2. The lowest BCUT2D eigenvalue weighted by molar-refractivity contribution is 0.102. The largest absolute Gasteiger partial charge is 0.305 e. The molecule has 0 aliphatic rings. The van der Waals surface area contributed by atoms with Crippen molar-refractivity contribution in [2.24, 2.45) is 0 Å². The molecule has 0 unspecified atom stereocenters. The van der Waals surface area contributed by atoms with E-state index in [1.165, 1.54) is 10.7 Å². The van der Waals surface area contributed by atoms with Gasteiger partial charge in [0.2, 0.25) is 0 Å². The zero-order valence-electron chi connectivity index (χ0n) is 9.87. The topological polar surface area (TPSA) is 94.5 Å². The van der Waals surface area contributed by atoms with E-state index in [0.717, 1.165) is 0 Å². The van der Waals surface area contributed by atoms with Crippen molar-refractivity contribution in [3.8, 4) is 12.1 Å². The molecular formula is C13H9N5O. The number of hydrogen-bond donors (Lipinski definition) is 1. The maximum atomic E-state index is 11.9. The third-order valence-corrected chi connectivity index (χ3v) is 2.37. The molecule has 92 valence electrons. The van der Waals surface area contributed by atoms with Gasteiger partial charge in [0.05, 0.1) is 17.7 Å². The molecule has 0 aliphatic heterocycles. The Hall–Kier alpha value is -3.12. The lowest BCUT2D eigenvalue weighted by atomic mass is 10.1. The van der Waals surface area contributed by atoms with Crippen LogP contribution >= 0.6 is 0 Å². The first-order valence-corrected chi connectivity index (χ1v) is 5.45. The lowest BCUT2D eigenvalue weighted by Crippen LogP contribution is -2.12. The minimum atomic E-state index is -0.348. The predicted molar refractivity (Wildman–Crippen MR) is 67.0 cm³/mol. The molecule has 1 amide bonds. The van der Waals surface area contributed by atoms with Crippen LogP contribution < -0.4 is 5.32 Å². The summed E-state index contributed by atoms with van der Waals surface area (Å²) in [6.45, 7) is 0.125. The molecule has 2 aromatic rings. The lowest BCUT2D eigenvalue weighted by Gasteiger charge is -2.02. The summed E-state index contributed by atoms with van der Waals surface area (Å²) >= 11 is 0. The van der Waals surface area contributed by atoms with Crippen LogP contribution in [0.3, 0.4) is 0 Å². The third-order valence-electron chi connectivity index (χ3n) is 2.37. The molecule has 0 saturated heterocycles. The number of anilines is 1. The molecule has 6 heteroatoms. The van der Waals surface area contributed by atoms with Gasteiger partial charge in [0.1, 0.15) is 6.54 Å². The Balaban J connectivity index is 2.12. The smallest absolute Gasteiger partial charge is 0.256 e. The SMILES string of the molecule is N#CCn1ccc(NC(=O)c2cccc(C#N)c2)n1. The highest BCUT2D eigenvalue weighted by atomic mass is 16.1. The molecule has 0 atom stereocenters. The molecule has 0 spiro atoms. The molecule has 2 rings (SSSR count). The van der Waals surface area contributed by atoms with Crippen LogP contribution in [-0.4, -0.2) is 15.7 Å². The van der Waals surface area contributed by atoms with Crippen LogP contribution in [0.5, 0.6) is 0 Å². The summed E-state index contributed by atoms with van der Waals surface area (Å²) in [6, 6.07) is 11.9. The normalized spacial score (nSPS) is 9.37. The Bertz CT molecular complexity index is 690. The van der Waals surface area contributed by atoms with E-state index < -0.39 is 0 Å². The Morgan fingerprint density at radius 2 is 2.21 bits per heavy atom. The molecule has 1 aromatic carbocycles. The number of carbonyl (C=O) groups excluding carboxylic acids is 1. The molecular weight excluding hydrogens is 242 g/mol. The Morgan fingerprint density at radius 3 is 2.95 bits per heavy atom. The van der Waals surface area contributed by atoms with Gasteiger partial charge in [-0.3, -0.25) is 9.48 Å². The highest BCUT2D eigenvalue weighted by Crippen LogP contribution is 2.08. The summed E-state index contributed by atoms with van der Waals surface area (Å²) in [5.41, 5.74) is 0.802. The van der Waals surface area contributed by atoms with Crippen molar-refractivity contribution in [3.05, 3.63) is 47.7 Å². The Kier molecular flexibility index (Phi) is 3.56. The van der Waals surface area contributed by atoms with Crippen molar-refractivity contribution in [3.63, 3.8) is 0 Å². The number of carbonyl (C=O) groups is 1. The first-order valence-electron chi connectivity index (χ1n) is 5.45.